The van der Waals surface area contributed by atoms with Crippen LogP contribution in [0.25, 0.3) is 0 Å². The monoisotopic (exact) mass is 306 g/mol. The van der Waals surface area contributed by atoms with E-state index in [0.29, 0.717) is 12.1 Å². The summed E-state index contributed by atoms with van der Waals surface area (Å²) < 4.78 is 0. The minimum absolute atomic E-state index is 0.531. The Morgan fingerprint density at radius 1 is 1.29 bits per heavy atom. The third-order valence-electron chi connectivity index (χ3n) is 5.06. The molecule has 0 aromatic carbocycles. The first-order valence-electron chi connectivity index (χ1n) is 8.86. The van der Waals surface area contributed by atoms with Crippen LogP contribution in [0.4, 0.5) is 0 Å². The van der Waals surface area contributed by atoms with Crippen molar-refractivity contribution in [3.63, 3.8) is 0 Å². The van der Waals surface area contributed by atoms with Gasteiger partial charge in [-0.15, -0.1) is 11.3 Å². The van der Waals surface area contributed by atoms with Crippen LogP contribution in [0, 0.1) is 0 Å². The molecular formula is C18H30N2S. The lowest BCUT2D eigenvalue weighted by Gasteiger charge is -2.33. The first-order chi connectivity index (χ1) is 10.3. The third-order valence-corrected chi connectivity index (χ3v) is 6.48. The summed E-state index contributed by atoms with van der Waals surface area (Å²) in [6.07, 6.45) is 9.34. The second-order valence-electron chi connectivity index (χ2n) is 6.81. The fourth-order valence-corrected chi connectivity index (χ4v) is 5.07. The molecule has 21 heavy (non-hydrogen) atoms. The van der Waals surface area contributed by atoms with E-state index < -0.39 is 0 Å². The zero-order valence-electron chi connectivity index (χ0n) is 13.7. The quantitative estimate of drug-likeness (QED) is 0.879. The molecule has 1 atom stereocenters. The molecule has 1 aliphatic carbocycles. The molecule has 0 radical (unpaired) electrons. The zero-order valence-corrected chi connectivity index (χ0v) is 14.5. The van der Waals surface area contributed by atoms with Gasteiger partial charge in [0, 0.05) is 21.8 Å². The van der Waals surface area contributed by atoms with E-state index in [1.165, 1.54) is 64.6 Å². The lowest BCUT2D eigenvalue weighted by molar-refractivity contribution is 0.193. The van der Waals surface area contributed by atoms with Gasteiger partial charge < -0.3 is 10.2 Å². The van der Waals surface area contributed by atoms with Crippen LogP contribution >= 0.6 is 11.3 Å². The van der Waals surface area contributed by atoms with Gasteiger partial charge in [-0.05, 0) is 83.1 Å². The van der Waals surface area contributed by atoms with Gasteiger partial charge in [0.25, 0.3) is 0 Å². The van der Waals surface area contributed by atoms with E-state index in [1.54, 1.807) is 15.3 Å². The number of aryl methyl sites for hydroxylation is 2. The van der Waals surface area contributed by atoms with Gasteiger partial charge in [-0.2, -0.15) is 0 Å². The molecule has 1 N–H and O–H groups in total. The van der Waals surface area contributed by atoms with Gasteiger partial charge in [-0.25, -0.2) is 0 Å². The van der Waals surface area contributed by atoms with Gasteiger partial charge in [0.1, 0.15) is 0 Å². The number of fused-ring (bicyclic) bond motifs is 1. The van der Waals surface area contributed by atoms with Crippen molar-refractivity contribution in [3.05, 3.63) is 21.4 Å². The first kappa shape index (κ1) is 15.5. The highest BCUT2D eigenvalue weighted by Crippen LogP contribution is 2.33. The molecule has 0 amide bonds. The Hall–Kier alpha value is -0.380. The second-order valence-corrected chi connectivity index (χ2v) is 7.98. The Kier molecular flexibility index (Phi) is 5.36. The average Bonchev–Trinajstić information content (AvgIpc) is 2.94. The predicted octanol–water partition coefficient (Wildman–Crippen LogP) is 4.15. The maximum atomic E-state index is 3.89. The molecule has 2 nitrogen and oxygen atoms in total. The standard InChI is InChI=1S/C18H30N2S/c1-3-10-20-11-8-16(9-12-20)19-14(2)18-13-15-6-4-5-7-17(15)21-18/h13-14,16,19H,3-12H2,1-2H3. The van der Waals surface area contributed by atoms with Gasteiger partial charge in [-0.3, -0.25) is 0 Å². The van der Waals surface area contributed by atoms with Crippen molar-refractivity contribution in [2.24, 2.45) is 0 Å². The van der Waals surface area contributed by atoms with Crippen molar-refractivity contribution in [1.29, 1.82) is 0 Å². The summed E-state index contributed by atoms with van der Waals surface area (Å²) in [7, 11) is 0. The largest absolute Gasteiger partial charge is 0.307 e. The van der Waals surface area contributed by atoms with E-state index in [-0.39, 0.29) is 0 Å². The number of likely N-dealkylation sites (tertiary alicyclic amines) is 1. The summed E-state index contributed by atoms with van der Waals surface area (Å²) in [4.78, 5) is 5.85. The topological polar surface area (TPSA) is 15.3 Å². The molecule has 3 heteroatoms. The minimum atomic E-state index is 0.531. The number of nitrogens with one attached hydrogen (secondary N) is 1. The van der Waals surface area contributed by atoms with Crippen LogP contribution in [-0.2, 0) is 12.8 Å². The molecule has 1 aromatic heterocycles. The van der Waals surface area contributed by atoms with E-state index in [1.807, 2.05) is 0 Å². The molecule has 0 bridgehead atoms. The molecule has 1 aliphatic heterocycles. The van der Waals surface area contributed by atoms with Crippen molar-refractivity contribution in [3.8, 4) is 0 Å². The number of nitrogens with zero attached hydrogens (tertiary/aromatic N) is 1. The molecule has 1 saturated heterocycles. The van der Waals surface area contributed by atoms with Crippen molar-refractivity contribution >= 4 is 11.3 Å². The molecule has 118 valence electrons. The number of rotatable bonds is 5. The SMILES string of the molecule is CCCN1CCC(NC(C)c2cc3c(s2)CCCC3)CC1. The highest BCUT2D eigenvalue weighted by Gasteiger charge is 2.22. The Morgan fingerprint density at radius 2 is 2.05 bits per heavy atom. The van der Waals surface area contributed by atoms with Crippen LogP contribution in [0.2, 0.25) is 0 Å². The number of hydrogen-bond donors (Lipinski definition) is 1. The normalized spacial score (nSPS) is 22.2. The molecule has 2 heterocycles. The Labute approximate surface area is 133 Å². The highest BCUT2D eigenvalue weighted by molar-refractivity contribution is 7.12. The number of thiophene rings is 1. The number of piperidine rings is 1. The summed E-state index contributed by atoms with van der Waals surface area (Å²) >= 11 is 2.07. The van der Waals surface area contributed by atoms with Crippen LogP contribution in [0.1, 0.15) is 67.3 Å². The average molecular weight is 307 g/mol. The fourth-order valence-electron chi connectivity index (χ4n) is 3.80. The van der Waals surface area contributed by atoms with Crippen molar-refractivity contribution in [1.82, 2.24) is 10.2 Å². The Balaban J connectivity index is 1.52. The highest BCUT2D eigenvalue weighted by atomic mass is 32.1. The van der Waals surface area contributed by atoms with Crippen molar-refractivity contribution in [2.45, 2.75) is 70.9 Å². The lowest BCUT2D eigenvalue weighted by Crippen LogP contribution is -2.43. The Morgan fingerprint density at radius 3 is 2.76 bits per heavy atom. The predicted molar refractivity (Wildman–Crippen MR) is 92.3 cm³/mol. The van der Waals surface area contributed by atoms with Crippen molar-refractivity contribution in [2.75, 3.05) is 19.6 Å². The third kappa shape index (κ3) is 3.88. The van der Waals surface area contributed by atoms with Crippen LogP contribution in [0.15, 0.2) is 6.07 Å². The summed E-state index contributed by atoms with van der Waals surface area (Å²) in [5, 5.41) is 3.89. The molecule has 1 fully saturated rings. The van der Waals surface area contributed by atoms with Crippen LogP contribution < -0.4 is 5.32 Å². The van der Waals surface area contributed by atoms with Crippen LogP contribution in [0.5, 0.6) is 0 Å². The summed E-state index contributed by atoms with van der Waals surface area (Å²) in [6.45, 7) is 8.47. The zero-order chi connectivity index (χ0) is 14.7. The molecule has 0 saturated carbocycles. The van der Waals surface area contributed by atoms with Crippen LogP contribution in [-0.4, -0.2) is 30.6 Å². The van der Waals surface area contributed by atoms with E-state index in [4.69, 9.17) is 0 Å². The van der Waals surface area contributed by atoms with Gasteiger partial charge in [0.15, 0.2) is 0 Å². The minimum Gasteiger partial charge on any atom is -0.307 e. The van der Waals surface area contributed by atoms with Gasteiger partial charge in [0.05, 0.1) is 0 Å². The van der Waals surface area contributed by atoms with Crippen LogP contribution in [0.3, 0.4) is 0 Å². The lowest BCUT2D eigenvalue weighted by atomic mass is 9.98. The maximum absolute atomic E-state index is 3.89. The fraction of sp³-hybridized carbons (Fsp3) is 0.778. The molecular weight excluding hydrogens is 276 g/mol. The maximum Gasteiger partial charge on any atom is 0.0388 e. The second kappa shape index (κ2) is 7.26. The van der Waals surface area contributed by atoms with Gasteiger partial charge in [0.2, 0.25) is 0 Å². The molecule has 0 spiro atoms. The van der Waals surface area contributed by atoms with E-state index in [9.17, 15) is 0 Å². The van der Waals surface area contributed by atoms with Gasteiger partial charge >= 0.3 is 0 Å². The summed E-state index contributed by atoms with van der Waals surface area (Å²) in [5.41, 5.74) is 1.65. The molecule has 1 aromatic rings. The molecule has 3 rings (SSSR count). The van der Waals surface area contributed by atoms with Crippen molar-refractivity contribution < 1.29 is 0 Å². The van der Waals surface area contributed by atoms with Gasteiger partial charge in [-0.1, -0.05) is 6.92 Å². The summed E-state index contributed by atoms with van der Waals surface area (Å²) in [6, 6.07) is 3.74. The van der Waals surface area contributed by atoms with E-state index >= 15 is 0 Å². The first-order valence-corrected chi connectivity index (χ1v) is 9.67. The smallest absolute Gasteiger partial charge is 0.0388 e. The molecule has 1 unspecified atom stereocenters. The Bertz CT molecular complexity index is 423. The molecule has 2 aliphatic rings. The van der Waals surface area contributed by atoms with E-state index in [2.05, 4.69) is 41.5 Å². The number of hydrogen-bond acceptors (Lipinski definition) is 3. The summed E-state index contributed by atoms with van der Waals surface area (Å²) in [5.74, 6) is 0. The van der Waals surface area contributed by atoms with E-state index in [0.717, 1.165) is 0 Å².